The topological polar surface area (TPSA) is 132 Å². The van der Waals surface area contributed by atoms with Crippen LogP contribution in [-0.2, 0) is 35.0 Å². The van der Waals surface area contributed by atoms with Crippen LogP contribution >= 0.6 is 11.6 Å². The Bertz CT molecular complexity index is 1360. The Hall–Kier alpha value is -4.57. The van der Waals surface area contributed by atoms with E-state index in [0.29, 0.717) is 24.3 Å². The Balaban J connectivity index is 1.99. The van der Waals surface area contributed by atoms with E-state index in [1.54, 1.807) is 37.3 Å². The summed E-state index contributed by atoms with van der Waals surface area (Å²) >= 11 is 5.91. The Labute approximate surface area is 276 Å². The highest BCUT2D eigenvalue weighted by Crippen LogP contribution is 2.22. The molecule has 11 heteroatoms. The number of carbonyl (C=O) groups excluding carboxylic acids is 4. The first kappa shape index (κ1) is 37.6. The van der Waals surface area contributed by atoms with Gasteiger partial charge < -0.3 is 30.2 Å². The zero-order valence-electron chi connectivity index (χ0n) is 27.0. The van der Waals surface area contributed by atoms with Crippen LogP contribution < -0.4 is 16.0 Å². The first-order valence-electron chi connectivity index (χ1n) is 15.0. The third-order valence-electron chi connectivity index (χ3n) is 6.84. The molecular formula is C35H44ClN3O7. The minimum Gasteiger partial charge on any atom is -0.490 e. The summed E-state index contributed by atoms with van der Waals surface area (Å²) in [4.78, 5) is 49.5. The molecule has 46 heavy (non-hydrogen) atoms. The fourth-order valence-corrected chi connectivity index (χ4v) is 4.49. The van der Waals surface area contributed by atoms with Gasteiger partial charge in [0.25, 0.3) is 0 Å². The molecular weight excluding hydrogens is 610 g/mol. The molecule has 1 heterocycles. The Morgan fingerprint density at radius 2 is 1.83 bits per heavy atom. The lowest BCUT2D eigenvalue weighted by atomic mass is 9.97. The van der Waals surface area contributed by atoms with Crippen LogP contribution in [0.2, 0.25) is 0 Å². The number of amides is 3. The van der Waals surface area contributed by atoms with E-state index in [1.165, 1.54) is 26.4 Å². The number of ether oxygens (including phenoxy) is 3. The molecule has 248 valence electrons. The number of hydrogen-bond donors (Lipinski definition) is 3. The van der Waals surface area contributed by atoms with Crippen LogP contribution in [0.3, 0.4) is 0 Å². The van der Waals surface area contributed by atoms with Gasteiger partial charge in [0.1, 0.15) is 18.2 Å². The second-order valence-corrected chi connectivity index (χ2v) is 11.2. The van der Waals surface area contributed by atoms with Gasteiger partial charge in [-0.15, -0.1) is 0 Å². The number of halogens is 1. The third-order valence-corrected chi connectivity index (χ3v) is 7.00. The number of hydrogen-bond acceptors (Lipinski definition) is 7. The average Bonchev–Trinajstić information content (AvgIpc) is 3.03. The molecule has 1 aromatic carbocycles. The molecule has 0 bridgehead atoms. The van der Waals surface area contributed by atoms with Crippen LogP contribution in [0, 0.1) is 5.92 Å². The van der Waals surface area contributed by atoms with E-state index in [0.717, 1.165) is 11.1 Å². The Morgan fingerprint density at radius 3 is 2.48 bits per heavy atom. The van der Waals surface area contributed by atoms with Crippen LogP contribution in [0.5, 0.6) is 0 Å². The second kappa shape index (κ2) is 20.5. The highest BCUT2D eigenvalue weighted by Gasteiger charge is 2.27. The molecule has 4 atom stereocenters. The Kier molecular flexibility index (Phi) is 16.7. The minimum absolute atomic E-state index is 0.0252. The van der Waals surface area contributed by atoms with Gasteiger partial charge in [-0.05, 0) is 31.7 Å². The predicted octanol–water partition coefficient (Wildman–Crippen LogP) is 5.53. The van der Waals surface area contributed by atoms with Gasteiger partial charge in [-0.2, -0.15) is 0 Å². The van der Waals surface area contributed by atoms with Crippen molar-refractivity contribution in [1.29, 1.82) is 0 Å². The normalized spacial score (nSPS) is 17.7. The van der Waals surface area contributed by atoms with E-state index < -0.39 is 36.0 Å². The fraction of sp³-hybridized carbons (Fsp3) is 0.371. The number of alkyl carbamates (subject to hydrolysis) is 1. The molecule has 1 aromatic rings. The van der Waals surface area contributed by atoms with Crippen molar-refractivity contribution in [2.45, 2.75) is 64.7 Å². The smallest absolute Gasteiger partial charge is 0.407 e. The summed E-state index contributed by atoms with van der Waals surface area (Å²) in [5, 5.41) is 8.48. The minimum atomic E-state index is -0.846. The summed E-state index contributed by atoms with van der Waals surface area (Å²) in [6.07, 6.45) is 15.4. The van der Waals surface area contributed by atoms with E-state index in [-0.39, 0.29) is 24.2 Å². The van der Waals surface area contributed by atoms with Crippen molar-refractivity contribution in [2.75, 3.05) is 14.2 Å². The van der Waals surface area contributed by atoms with E-state index in [2.05, 4.69) is 16.0 Å². The summed E-state index contributed by atoms with van der Waals surface area (Å²) in [5.74, 6) is -1.11. The lowest BCUT2D eigenvalue weighted by Crippen LogP contribution is -2.46. The standard InChI is InChI=1S/C35H44ClN3O7/c1-24(22-25(2)30-19-20-31(44-5)34(42)46-30)12-9-10-16-32(40)39-29(23-27-13-7-6-8-14-27)33(41)38-21-11-15-28(18-17-26(3)36)45-35(43)37-4/h6-14,16-17,20-22,25,28-30H,15,18-19,23H2,1-5H3,(H,37,43)(H,38,41)(H,39,40)/b12-9-,16-10-,21-11-,24-22+,26-17+/t25-,28+,29-,30-/m0/s1. The zero-order valence-corrected chi connectivity index (χ0v) is 27.7. The van der Waals surface area contributed by atoms with Gasteiger partial charge in [0.05, 0.1) is 7.11 Å². The first-order valence-corrected chi connectivity index (χ1v) is 15.4. The molecule has 0 radical (unpaired) electrons. The van der Waals surface area contributed by atoms with Gasteiger partial charge in [-0.25, -0.2) is 9.59 Å². The van der Waals surface area contributed by atoms with E-state index in [1.807, 2.05) is 56.3 Å². The van der Waals surface area contributed by atoms with Crippen molar-refractivity contribution >= 4 is 35.5 Å². The van der Waals surface area contributed by atoms with Crippen molar-refractivity contribution in [1.82, 2.24) is 16.0 Å². The number of methoxy groups -OCH3 is 1. The molecule has 3 N–H and O–H groups in total. The van der Waals surface area contributed by atoms with Gasteiger partial charge in [0.2, 0.25) is 11.8 Å². The van der Waals surface area contributed by atoms with Gasteiger partial charge in [0.15, 0.2) is 5.76 Å². The number of benzene rings is 1. The van der Waals surface area contributed by atoms with E-state index >= 15 is 0 Å². The highest BCUT2D eigenvalue weighted by atomic mass is 35.5. The van der Waals surface area contributed by atoms with Gasteiger partial charge in [-0.3, -0.25) is 9.59 Å². The molecule has 1 aliphatic heterocycles. The number of nitrogens with one attached hydrogen (secondary N) is 3. The third kappa shape index (κ3) is 14.5. The van der Waals surface area contributed by atoms with E-state index in [4.69, 9.17) is 25.8 Å². The fourth-order valence-electron chi connectivity index (χ4n) is 4.40. The summed E-state index contributed by atoms with van der Waals surface area (Å²) in [5.41, 5.74) is 1.81. The first-order chi connectivity index (χ1) is 22.0. The van der Waals surface area contributed by atoms with Gasteiger partial charge >= 0.3 is 12.1 Å². The Morgan fingerprint density at radius 1 is 1.11 bits per heavy atom. The molecule has 2 rings (SSSR count). The summed E-state index contributed by atoms with van der Waals surface area (Å²) in [6.45, 7) is 5.61. The van der Waals surface area contributed by atoms with Crippen molar-refractivity contribution < 1.29 is 33.4 Å². The lowest BCUT2D eigenvalue weighted by Gasteiger charge is -2.25. The van der Waals surface area contributed by atoms with Crippen molar-refractivity contribution in [3.05, 3.63) is 107 Å². The number of cyclic esters (lactones) is 1. The second-order valence-electron chi connectivity index (χ2n) is 10.6. The summed E-state index contributed by atoms with van der Waals surface area (Å²) in [7, 11) is 2.91. The number of allylic oxidation sites excluding steroid dienone is 5. The molecule has 0 unspecified atom stereocenters. The quantitative estimate of drug-likeness (QED) is 0.121. The van der Waals surface area contributed by atoms with Crippen LogP contribution in [0.1, 0.15) is 45.6 Å². The van der Waals surface area contributed by atoms with Gasteiger partial charge in [0, 0.05) is 49.8 Å². The number of carbonyl (C=O) groups is 4. The predicted molar refractivity (Wildman–Crippen MR) is 178 cm³/mol. The molecule has 1 aliphatic rings. The molecule has 0 fully saturated rings. The van der Waals surface area contributed by atoms with Gasteiger partial charge in [-0.1, -0.05) is 90.9 Å². The number of esters is 1. The largest absolute Gasteiger partial charge is 0.490 e. The molecule has 10 nitrogen and oxygen atoms in total. The number of rotatable bonds is 16. The molecule has 3 amide bonds. The molecule has 0 aromatic heterocycles. The van der Waals surface area contributed by atoms with Crippen molar-refractivity contribution in [3.63, 3.8) is 0 Å². The average molecular weight is 654 g/mol. The SMILES string of the molecule is CNC(=O)O[C@H](C/C=C\NC(=O)[C@H](Cc1ccccc1)NC(=O)\C=C/C=C\C(C)=C\[C@H](C)[C@@H]1CC=C(OC)C(=O)O1)C/C=C(\C)Cl. The van der Waals surface area contributed by atoms with E-state index in [9.17, 15) is 19.2 Å². The van der Waals surface area contributed by atoms with Crippen LogP contribution in [0.4, 0.5) is 4.79 Å². The summed E-state index contributed by atoms with van der Waals surface area (Å²) in [6, 6.07) is 8.52. The molecule has 0 saturated carbocycles. The maximum absolute atomic E-state index is 13.1. The lowest BCUT2D eigenvalue weighted by molar-refractivity contribution is -0.151. The van der Waals surface area contributed by atoms with Crippen LogP contribution in [-0.4, -0.2) is 56.3 Å². The van der Waals surface area contributed by atoms with Crippen molar-refractivity contribution in [2.24, 2.45) is 5.92 Å². The monoisotopic (exact) mass is 653 g/mol. The molecule has 0 saturated heterocycles. The molecule has 0 spiro atoms. The molecule has 0 aliphatic carbocycles. The summed E-state index contributed by atoms with van der Waals surface area (Å²) < 4.78 is 15.8. The highest BCUT2D eigenvalue weighted by molar-refractivity contribution is 6.29. The van der Waals surface area contributed by atoms with Crippen LogP contribution in [0.15, 0.2) is 102 Å². The maximum Gasteiger partial charge on any atom is 0.407 e. The zero-order chi connectivity index (χ0) is 33.9. The maximum atomic E-state index is 13.1. The van der Waals surface area contributed by atoms with Crippen molar-refractivity contribution in [3.8, 4) is 0 Å². The van der Waals surface area contributed by atoms with Crippen LogP contribution in [0.25, 0.3) is 0 Å².